The van der Waals surface area contributed by atoms with Crippen molar-refractivity contribution in [1.29, 1.82) is 0 Å². The third-order valence-electron chi connectivity index (χ3n) is 6.58. The van der Waals surface area contributed by atoms with E-state index in [-0.39, 0.29) is 13.2 Å². The van der Waals surface area contributed by atoms with Gasteiger partial charge >= 0.3 is 0 Å². The Morgan fingerprint density at radius 2 is 1.75 bits per heavy atom. The van der Waals surface area contributed by atoms with Gasteiger partial charge in [-0.1, -0.05) is 6.08 Å². The second-order valence-electron chi connectivity index (χ2n) is 9.62. The van der Waals surface area contributed by atoms with E-state index in [1.807, 2.05) is 20.8 Å². The van der Waals surface area contributed by atoms with Crippen LogP contribution < -0.4 is 0 Å². The summed E-state index contributed by atoms with van der Waals surface area (Å²) in [6.45, 7) is 8.04. The number of hydrogen-bond acceptors (Lipinski definition) is 11. The standard InChI is InChI=1S/C21H36O11/c1-5-20(4)7-6-12(19(2,3)32-20)31-17-15(25)14(24)13(23)11(30-17)8-28-18-16(26)21(27,9-22)10-29-18/h5,11-18,22-27H,1,6-10H2,2-4H3. The molecule has 0 aromatic rings. The normalized spacial score (nSPS) is 49.2. The summed E-state index contributed by atoms with van der Waals surface area (Å²) in [4.78, 5) is 0. The van der Waals surface area contributed by atoms with E-state index in [2.05, 4.69) is 6.58 Å². The minimum atomic E-state index is -1.86. The molecule has 10 atom stereocenters. The van der Waals surface area contributed by atoms with Gasteiger partial charge in [0, 0.05) is 0 Å². The van der Waals surface area contributed by atoms with Gasteiger partial charge in [-0.15, -0.1) is 6.58 Å². The van der Waals surface area contributed by atoms with Gasteiger partial charge in [0.15, 0.2) is 12.6 Å². The zero-order valence-electron chi connectivity index (χ0n) is 18.7. The second kappa shape index (κ2) is 9.51. The molecule has 0 radical (unpaired) electrons. The van der Waals surface area contributed by atoms with Crippen molar-refractivity contribution < 1.29 is 54.3 Å². The van der Waals surface area contributed by atoms with Crippen LogP contribution in [-0.4, -0.2) is 116 Å². The molecular weight excluding hydrogens is 428 g/mol. The first-order valence-corrected chi connectivity index (χ1v) is 10.8. The maximum absolute atomic E-state index is 10.4. The number of rotatable bonds is 7. The summed E-state index contributed by atoms with van der Waals surface area (Å²) in [5.74, 6) is 0. The summed E-state index contributed by atoms with van der Waals surface area (Å²) in [5, 5.41) is 60.4. The molecule has 3 rings (SSSR count). The van der Waals surface area contributed by atoms with Crippen molar-refractivity contribution in [3.8, 4) is 0 Å². The van der Waals surface area contributed by atoms with Crippen molar-refractivity contribution in [2.45, 2.75) is 99.6 Å². The van der Waals surface area contributed by atoms with Crippen LogP contribution in [-0.2, 0) is 23.7 Å². The molecule has 0 spiro atoms. The Morgan fingerprint density at radius 1 is 1.06 bits per heavy atom. The Hall–Kier alpha value is -0.700. The summed E-state index contributed by atoms with van der Waals surface area (Å²) in [6, 6.07) is 0. The quantitative estimate of drug-likeness (QED) is 0.235. The molecule has 32 heavy (non-hydrogen) atoms. The number of aliphatic hydroxyl groups excluding tert-OH is 5. The minimum Gasteiger partial charge on any atom is -0.393 e. The average molecular weight is 465 g/mol. The first-order chi connectivity index (χ1) is 14.9. The van der Waals surface area contributed by atoms with Gasteiger partial charge in [-0.25, -0.2) is 0 Å². The first-order valence-electron chi connectivity index (χ1n) is 10.8. The zero-order valence-corrected chi connectivity index (χ0v) is 18.7. The molecule has 3 heterocycles. The average Bonchev–Trinajstić information content (AvgIpc) is 3.03. The molecule has 0 aromatic carbocycles. The van der Waals surface area contributed by atoms with Crippen LogP contribution in [0.4, 0.5) is 0 Å². The van der Waals surface area contributed by atoms with Gasteiger partial charge in [0.05, 0.1) is 37.1 Å². The van der Waals surface area contributed by atoms with Crippen LogP contribution in [0, 0.1) is 0 Å². The van der Waals surface area contributed by atoms with E-state index in [0.717, 1.165) is 0 Å². The van der Waals surface area contributed by atoms with Crippen LogP contribution in [0.2, 0.25) is 0 Å². The van der Waals surface area contributed by atoms with Crippen molar-refractivity contribution in [3.63, 3.8) is 0 Å². The highest BCUT2D eigenvalue weighted by Gasteiger charge is 2.51. The maximum atomic E-state index is 10.4. The van der Waals surface area contributed by atoms with Crippen molar-refractivity contribution >= 4 is 0 Å². The van der Waals surface area contributed by atoms with Crippen LogP contribution in [0.5, 0.6) is 0 Å². The van der Waals surface area contributed by atoms with E-state index in [4.69, 9.17) is 23.7 Å². The maximum Gasteiger partial charge on any atom is 0.187 e. The zero-order chi connectivity index (χ0) is 23.9. The predicted octanol–water partition coefficient (Wildman–Crippen LogP) is -1.83. The van der Waals surface area contributed by atoms with Gasteiger partial charge in [-0.2, -0.15) is 0 Å². The monoisotopic (exact) mass is 464 g/mol. The third-order valence-corrected chi connectivity index (χ3v) is 6.58. The molecule has 6 N–H and O–H groups in total. The third kappa shape index (κ3) is 5.03. The molecule has 0 saturated carbocycles. The molecule has 0 amide bonds. The summed E-state index contributed by atoms with van der Waals surface area (Å²) >= 11 is 0. The Bertz CT molecular complexity index is 660. The Balaban J connectivity index is 1.62. The van der Waals surface area contributed by atoms with E-state index < -0.39 is 72.6 Å². The molecule has 10 unspecified atom stereocenters. The molecular formula is C21H36O11. The van der Waals surface area contributed by atoms with E-state index >= 15 is 0 Å². The highest BCUT2D eigenvalue weighted by Crippen LogP contribution is 2.39. The van der Waals surface area contributed by atoms with Crippen LogP contribution >= 0.6 is 0 Å². The van der Waals surface area contributed by atoms with Crippen molar-refractivity contribution in [2.24, 2.45) is 0 Å². The van der Waals surface area contributed by atoms with Crippen molar-refractivity contribution in [2.75, 3.05) is 19.8 Å². The summed E-state index contributed by atoms with van der Waals surface area (Å²) in [6.07, 6.45) is -7.28. The fraction of sp³-hybridized carbons (Fsp3) is 0.905. The van der Waals surface area contributed by atoms with Crippen molar-refractivity contribution in [3.05, 3.63) is 12.7 Å². The van der Waals surface area contributed by atoms with Gasteiger partial charge in [-0.05, 0) is 33.6 Å². The molecule has 0 bridgehead atoms. The summed E-state index contributed by atoms with van der Waals surface area (Å²) in [7, 11) is 0. The molecule has 0 aliphatic carbocycles. The molecule has 186 valence electrons. The first kappa shape index (κ1) is 25.9. The number of ether oxygens (including phenoxy) is 5. The van der Waals surface area contributed by atoms with E-state index in [9.17, 15) is 30.6 Å². The van der Waals surface area contributed by atoms with E-state index in [1.54, 1.807) is 6.08 Å². The van der Waals surface area contributed by atoms with Gasteiger partial charge in [0.1, 0.15) is 36.1 Å². The fourth-order valence-electron chi connectivity index (χ4n) is 4.31. The lowest BCUT2D eigenvalue weighted by Crippen LogP contribution is -2.62. The summed E-state index contributed by atoms with van der Waals surface area (Å²) < 4.78 is 28.4. The Labute approximate surface area is 187 Å². The molecule has 11 heteroatoms. The molecule has 3 aliphatic rings. The SMILES string of the molecule is C=CC1(C)CCC(OC2OC(COC3OCC(O)(CO)C3O)C(O)C(O)C2O)C(C)(C)O1. The van der Waals surface area contributed by atoms with Crippen LogP contribution in [0.3, 0.4) is 0 Å². The predicted molar refractivity (Wildman–Crippen MR) is 108 cm³/mol. The molecule has 3 aliphatic heterocycles. The lowest BCUT2D eigenvalue weighted by atomic mass is 9.85. The van der Waals surface area contributed by atoms with Crippen LogP contribution in [0.15, 0.2) is 12.7 Å². The van der Waals surface area contributed by atoms with E-state index in [0.29, 0.717) is 12.8 Å². The smallest absolute Gasteiger partial charge is 0.187 e. The fourth-order valence-corrected chi connectivity index (χ4v) is 4.31. The van der Waals surface area contributed by atoms with Crippen LogP contribution in [0.1, 0.15) is 33.6 Å². The van der Waals surface area contributed by atoms with Crippen LogP contribution in [0.25, 0.3) is 0 Å². The van der Waals surface area contributed by atoms with Gasteiger partial charge in [0.25, 0.3) is 0 Å². The lowest BCUT2D eigenvalue weighted by molar-refractivity contribution is -0.339. The lowest BCUT2D eigenvalue weighted by Gasteiger charge is -2.49. The topological polar surface area (TPSA) is 168 Å². The van der Waals surface area contributed by atoms with E-state index in [1.165, 1.54) is 0 Å². The van der Waals surface area contributed by atoms with Gasteiger partial charge in [0.2, 0.25) is 0 Å². The summed E-state index contributed by atoms with van der Waals surface area (Å²) in [5.41, 5.74) is -3.11. The molecule has 3 saturated heterocycles. The number of hydrogen-bond donors (Lipinski definition) is 6. The van der Waals surface area contributed by atoms with Crippen molar-refractivity contribution in [1.82, 2.24) is 0 Å². The number of aliphatic hydroxyl groups is 6. The highest BCUT2D eigenvalue weighted by molar-refractivity contribution is 5.02. The Morgan fingerprint density at radius 3 is 2.31 bits per heavy atom. The second-order valence-corrected chi connectivity index (χ2v) is 9.62. The largest absolute Gasteiger partial charge is 0.393 e. The molecule has 3 fully saturated rings. The molecule has 0 aromatic heterocycles. The highest BCUT2D eigenvalue weighted by atomic mass is 16.7. The Kier molecular flexibility index (Phi) is 7.70. The molecule has 11 nitrogen and oxygen atoms in total. The van der Waals surface area contributed by atoms with Gasteiger partial charge in [-0.3, -0.25) is 0 Å². The van der Waals surface area contributed by atoms with Gasteiger partial charge < -0.3 is 54.3 Å². The minimum absolute atomic E-state index is 0.336.